The van der Waals surface area contributed by atoms with Crippen LogP contribution < -0.4 is 0 Å². The third-order valence-electron chi connectivity index (χ3n) is 4.05. The van der Waals surface area contributed by atoms with Crippen LogP contribution in [-0.2, 0) is 14.2 Å². The van der Waals surface area contributed by atoms with Gasteiger partial charge in [-0.05, 0) is 0 Å². The SMILES string of the molecule is OC[C@H]1O[C@H](O[C@@H]2CO[C@](O)(CO)[C@@H](O)[C@@H]2O)[C@H](O)[C@@H](O)[C@@H]1O. The van der Waals surface area contributed by atoms with E-state index in [0.717, 1.165) is 0 Å². The molecule has 0 amide bonds. The lowest BCUT2D eigenvalue weighted by molar-refractivity contribution is -0.367. The Kier molecular flexibility index (Phi) is 5.92. The molecule has 2 saturated heterocycles. The standard InChI is InChI=1S/C12H22O11/c13-1-4-6(15)8(17)9(18)11(22-4)23-5-2-21-12(20,3-14)10(19)7(5)16/h4-11,13-20H,1-3H2/t4-,5-,6-,7-,8+,9-,10+,11-,12-/m1/s1. The van der Waals surface area contributed by atoms with Crippen LogP contribution in [0, 0.1) is 0 Å². The lowest BCUT2D eigenvalue weighted by Gasteiger charge is -2.45. The average molecular weight is 342 g/mol. The van der Waals surface area contributed by atoms with Gasteiger partial charge in [-0.25, -0.2) is 0 Å². The van der Waals surface area contributed by atoms with Crippen molar-refractivity contribution < 1.29 is 55.1 Å². The third kappa shape index (κ3) is 3.50. The van der Waals surface area contributed by atoms with Crippen LogP contribution in [0.15, 0.2) is 0 Å². The van der Waals surface area contributed by atoms with Crippen LogP contribution in [-0.4, -0.2) is 115 Å². The summed E-state index contributed by atoms with van der Waals surface area (Å²) < 4.78 is 15.2. The summed E-state index contributed by atoms with van der Waals surface area (Å²) in [6.45, 7) is -2.07. The van der Waals surface area contributed by atoms with Crippen molar-refractivity contribution in [3.05, 3.63) is 0 Å². The van der Waals surface area contributed by atoms with Gasteiger partial charge in [-0.15, -0.1) is 0 Å². The van der Waals surface area contributed by atoms with Crippen LogP contribution in [0.4, 0.5) is 0 Å². The Morgan fingerprint density at radius 3 is 2.17 bits per heavy atom. The maximum absolute atomic E-state index is 9.94. The minimum Gasteiger partial charge on any atom is -0.394 e. The van der Waals surface area contributed by atoms with Crippen molar-refractivity contribution in [3.63, 3.8) is 0 Å². The highest BCUT2D eigenvalue weighted by Crippen LogP contribution is 2.29. The Bertz CT molecular complexity index is 393. The molecule has 0 spiro atoms. The predicted octanol–water partition coefficient (Wildman–Crippen LogP) is -5.40. The average Bonchev–Trinajstić information content (AvgIpc) is 2.55. The summed E-state index contributed by atoms with van der Waals surface area (Å²) in [5, 5.41) is 76.6. The topological polar surface area (TPSA) is 190 Å². The molecule has 11 heteroatoms. The van der Waals surface area contributed by atoms with E-state index in [4.69, 9.17) is 24.4 Å². The minimum atomic E-state index is -2.35. The highest BCUT2D eigenvalue weighted by atomic mass is 16.7. The van der Waals surface area contributed by atoms with E-state index in [9.17, 15) is 30.6 Å². The minimum absolute atomic E-state index is 0.454. The van der Waals surface area contributed by atoms with Crippen LogP contribution in [0.1, 0.15) is 0 Å². The number of rotatable bonds is 4. The van der Waals surface area contributed by atoms with E-state index >= 15 is 0 Å². The Labute approximate surface area is 130 Å². The van der Waals surface area contributed by atoms with Crippen molar-refractivity contribution in [1.29, 1.82) is 0 Å². The fourth-order valence-corrected chi connectivity index (χ4v) is 2.49. The second-order valence-corrected chi connectivity index (χ2v) is 5.62. The predicted molar refractivity (Wildman–Crippen MR) is 68.6 cm³/mol. The molecule has 0 aromatic carbocycles. The zero-order chi connectivity index (χ0) is 17.4. The molecule has 2 aliphatic rings. The number of hydrogen-bond donors (Lipinski definition) is 8. The Hall–Kier alpha value is -0.440. The van der Waals surface area contributed by atoms with Gasteiger partial charge in [-0.2, -0.15) is 0 Å². The number of aliphatic hydroxyl groups excluding tert-OH is 7. The fourth-order valence-electron chi connectivity index (χ4n) is 2.49. The summed E-state index contributed by atoms with van der Waals surface area (Å²) in [4.78, 5) is 0. The van der Waals surface area contributed by atoms with Crippen molar-refractivity contribution >= 4 is 0 Å². The molecule has 0 saturated carbocycles. The Balaban J connectivity index is 2.04. The highest BCUT2D eigenvalue weighted by molar-refractivity contribution is 4.94. The highest BCUT2D eigenvalue weighted by Gasteiger charge is 2.51. The van der Waals surface area contributed by atoms with E-state index in [0.29, 0.717) is 0 Å². The molecule has 0 bridgehead atoms. The van der Waals surface area contributed by atoms with Crippen molar-refractivity contribution in [1.82, 2.24) is 0 Å². The molecule has 2 rings (SSSR count). The summed E-state index contributed by atoms with van der Waals surface area (Å²) in [7, 11) is 0. The van der Waals surface area contributed by atoms with E-state index < -0.39 is 74.6 Å². The molecule has 0 aromatic rings. The van der Waals surface area contributed by atoms with Gasteiger partial charge in [0.05, 0.1) is 19.8 Å². The summed E-state index contributed by atoms with van der Waals surface area (Å²) in [5.41, 5.74) is 0. The van der Waals surface area contributed by atoms with Crippen LogP contribution in [0.2, 0.25) is 0 Å². The maximum atomic E-state index is 9.94. The summed E-state index contributed by atoms with van der Waals surface area (Å²) >= 11 is 0. The normalized spacial score (nSPS) is 51.7. The van der Waals surface area contributed by atoms with Crippen molar-refractivity contribution in [2.75, 3.05) is 19.8 Å². The lowest BCUT2D eigenvalue weighted by atomic mass is 9.96. The van der Waals surface area contributed by atoms with Crippen molar-refractivity contribution in [3.8, 4) is 0 Å². The molecule has 2 heterocycles. The van der Waals surface area contributed by atoms with Gasteiger partial charge in [-0.1, -0.05) is 0 Å². The Morgan fingerprint density at radius 1 is 0.957 bits per heavy atom. The third-order valence-corrected chi connectivity index (χ3v) is 4.05. The van der Waals surface area contributed by atoms with Crippen LogP contribution in [0.3, 0.4) is 0 Å². The molecule has 11 nitrogen and oxygen atoms in total. The Morgan fingerprint density at radius 2 is 1.61 bits per heavy atom. The molecule has 0 unspecified atom stereocenters. The fraction of sp³-hybridized carbons (Fsp3) is 1.00. The lowest BCUT2D eigenvalue weighted by Crippen LogP contribution is -2.65. The monoisotopic (exact) mass is 342 g/mol. The van der Waals surface area contributed by atoms with E-state index in [-0.39, 0.29) is 0 Å². The van der Waals surface area contributed by atoms with Gasteiger partial charge >= 0.3 is 0 Å². The van der Waals surface area contributed by atoms with Gasteiger partial charge in [0.2, 0.25) is 5.79 Å². The van der Waals surface area contributed by atoms with E-state index in [2.05, 4.69) is 0 Å². The van der Waals surface area contributed by atoms with Crippen molar-refractivity contribution in [2.24, 2.45) is 0 Å². The first-order valence-electron chi connectivity index (χ1n) is 7.04. The van der Waals surface area contributed by atoms with Gasteiger partial charge < -0.3 is 55.1 Å². The summed E-state index contributed by atoms with van der Waals surface area (Å²) in [5.74, 6) is -2.35. The van der Waals surface area contributed by atoms with Crippen LogP contribution in [0.5, 0.6) is 0 Å². The van der Waals surface area contributed by atoms with Gasteiger partial charge in [0.15, 0.2) is 6.29 Å². The smallest absolute Gasteiger partial charge is 0.218 e. The van der Waals surface area contributed by atoms with Gasteiger partial charge in [-0.3, -0.25) is 0 Å². The first kappa shape index (κ1) is 18.9. The number of hydrogen-bond acceptors (Lipinski definition) is 11. The second-order valence-electron chi connectivity index (χ2n) is 5.62. The summed E-state index contributed by atoms with van der Waals surface area (Å²) in [6, 6.07) is 0. The first-order chi connectivity index (χ1) is 10.7. The molecule has 0 aromatic heterocycles. The molecular formula is C12H22O11. The van der Waals surface area contributed by atoms with E-state index in [1.807, 2.05) is 0 Å². The molecule has 8 N–H and O–H groups in total. The van der Waals surface area contributed by atoms with Crippen LogP contribution in [0.25, 0.3) is 0 Å². The van der Waals surface area contributed by atoms with Crippen LogP contribution >= 0.6 is 0 Å². The van der Waals surface area contributed by atoms with Gasteiger partial charge in [0.25, 0.3) is 0 Å². The summed E-state index contributed by atoms with van der Waals surface area (Å²) in [6.07, 6.45) is -12.5. The molecular weight excluding hydrogens is 320 g/mol. The quantitative estimate of drug-likeness (QED) is 0.243. The molecule has 0 aliphatic carbocycles. The zero-order valence-electron chi connectivity index (χ0n) is 12.0. The van der Waals surface area contributed by atoms with Gasteiger partial charge in [0.1, 0.15) is 42.7 Å². The number of ether oxygens (including phenoxy) is 3. The maximum Gasteiger partial charge on any atom is 0.218 e. The van der Waals surface area contributed by atoms with Gasteiger partial charge in [0, 0.05) is 0 Å². The molecule has 2 aliphatic heterocycles. The van der Waals surface area contributed by atoms with Crippen molar-refractivity contribution in [2.45, 2.75) is 54.8 Å². The number of aliphatic hydroxyl groups is 8. The van der Waals surface area contributed by atoms with E-state index in [1.165, 1.54) is 0 Å². The molecule has 2 fully saturated rings. The molecule has 136 valence electrons. The first-order valence-corrected chi connectivity index (χ1v) is 7.04. The second kappa shape index (κ2) is 7.21. The largest absolute Gasteiger partial charge is 0.394 e. The molecule has 0 radical (unpaired) electrons. The molecule has 23 heavy (non-hydrogen) atoms. The van der Waals surface area contributed by atoms with E-state index in [1.54, 1.807) is 0 Å². The molecule has 9 atom stereocenters. The zero-order valence-corrected chi connectivity index (χ0v) is 12.0.